The van der Waals surface area contributed by atoms with Crippen LogP contribution >= 0.6 is 0 Å². The Morgan fingerprint density at radius 1 is 1.37 bits per heavy atom. The summed E-state index contributed by atoms with van der Waals surface area (Å²) in [4.78, 5) is 13.5. The molecule has 0 radical (unpaired) electrons. The second kappa shape index (κ2) is 7.34. The van der Waals surface area contributed by atoms with Crippen LogP contribution in [-0.4, -0.2) is 41.2 Å². The van der Waals surface area contributed by atoms with Crippen molar-refractivity contribution in [1.82, 2.24) is 9.47 Å². The number of nitrogens with zero attached hydrogens (tertiary/aromatic N) is 2. The standard InChI is InChI=1S/C15H26N2O2/c1-5-12(6-2)14-13(15(18)19)8-11-17(14)10-7-9-16(3)4/h8,11-12H,5-7,9-10H2,1-4H3,(H,18,19). The van der Waals surface area contributed by atoms with Gasteiger partial charge in [-0.25, -0.2) is 4.79 Å². The summed E-state index contributed by atoms with van der Waals surface area (Å²) in [6.45, 7) is 6.15. The van der Waals surface area contributed by atoms with Crippen LogP contribution in [0.15, 0.2) is 12.3 Å². The van der Waals surface area contributed by atoms with Gasteiger partial charge in [-0.05, 0) is 51.9 Å². The van der Waals surface area contributed by atoms with Crippen LogP contribution in [0.3, 0.4) is 0 Å². The fourth-order valence-electron chi connectivity index (χ4n) is 2.55. The monoisotopic (exact) mass is 266 g/mol. The third kappa shape index (κ3) is 4.10. The van der Waals surface area contributed by atoms with Crippen LogP contribution in [0, 0.1) is 0 Å². The van der Waals surface area contributed by atoms with Gasteiger partial charge >= 0.3 is 5.97 Å². The topological polar surface area (TPSA) is 45.5 Å². The SMILES string of the molecule is CCC(CC)c1c(C(=O)O)ccn1CCCN(C)C. The number of aromatic nitrogens is 1. The van der Waals surface area contributed by atoms with E-state index in [0.717, 1.165) is 38.0 Å². The van der Waals surface area contributed by atoms with Gasteiger partial charge in [0.25, 0.3) is 0 Å². The molecule has 0 aliphatic rings. The van der Waals surface area contributed by atoms with Crippen molar-refractivity contribution in [2.45, 2.75) is 45.6 Å². The molecule has 4 nitrogen and oxygen atoms in total. The summed E-state index contributed by atoms with van der Waals surface area (Å²) >= 11 is 0. The van der Waals surface area contributed by atoms with Gasteiger partial charge in [0.15, 0.2) is 0 Å². The molecule has 0 saturated carbocycles. The number of rotatable bonds is 8. The molecule has 0 aliphatic carbocycles. The maximum atomic E-state index is 11.3. The van der Waals surface area contributed by atoms with Crippen LogP contribution in [0.1, 0.15) is 55.1 Å². The molecule has 4 heteroatoms. The molecule has 0 aliphatic heterocycles. The van der Waals surface area contributed by atoms with Gasteiger partial charge in [-0.1, -0.05) is 13.8 Å². The molecule has 0 aromatic carbocycles. The van der Waals surface area contributed by atoms with E-state index in [4.69, 9.17) is 0 Å². The minimum Gasteiger partial charge on any atom is -0.478 e. The average Bonchev–Trinajstić information content (AvgIpc) is 2.75. The first-order valence-corrected chi connectivity index (χ1v) is 7.08. The molecule has 0 atom stereocenters. The number of hydrogen-bond acceptors (Lipinski definition) is 2. The molecule has 0 amide bonds. The van der Waals surface area contributed by atoms with Gasteiger partial charge in [-0.15, -0.1) is 0 Å². The lowest BCUT2D eigenvalue weighted by Crippen LogP contribution is -2.17. The van der Waals surface area contributed by atoms with Crippen LogP contribution in [0.5, 0.6) is 0 Å². The molecular weight excluding hydrogens is 240 g/mol. The molecule has 0 fully saturated rings. The molecule has 0 spiro atoms. The highest BCUT2D eigenvalue weighted by molar-refractivity contribution is 5.89. The zero-order valence-corrected chi connectivity index (χ0v) is 12.5. The Bertz CT molecular complexity index is 406. The van der Waals surface area contributed by atoms with Crippen LogP contribution in [0.2, 0.25) is 0 Å². The summed E-state index contributed by atoms with van der Waals surface area (Å²) in [6.07, 6.45) is 4.92. The number of carboxylic acids is 1. The lowest BCUT2D eigenvalue weighted by molar-refractivity contribution is 0.0694. The molecular formula is C15H26N2O2. The average molecular weight is 266 g/mol. The van der Waals surface area contributed by atoms with E-state index in [1.807, 2.05) is 6.20 Å². The Morgan fingerprint density at radius 3 is 2.47 bits per heavy atom. The van der Waals surface area contributed by atoms with E-state index in [0.29, 0.717) is 11.5 Å². The Balaban J connectivity index is 2.94. The number of carbonyl (C=O) groups is 1. The Kier molecular flexibility index (Phi) is 6.09. The summed E-state index contributed by atoms with van der Waals surface area (Å²) in [6, 6.07) is 1.74. The smallest absolute Gasteiger partial charge is 0.337 e. The van der Waals surface area contributed by atoms with Gasteiger partial charge in [0.05, 0.1) is 5.56 Å². The predicted octanol–water partition coefficient (Wildman–Crippen LogP) is 3.04. The van der Waals surface area contributed by atoms with Gasteiger partial charge in [0.1, 0.15) is 0 Å². The van der Waals surface area contributed by atoms with Gasteiger partial charge in [0.2, 0.25) is 0 Å². The Morgan fingerprint density at radius 2 is 2.00 bits per heavy atom. The van der Waals surface area contributed by atoms with Crippen molar-refractivity contribution >= 4 is 5.97 Å². The van der Waals surface area contributed by atoms with E-state index < -0.39 is 5.97 Å². The first kappa shape index (κ1) is 15.8. The summed E-state index contributed by atoms with van der Waals surface area (Å²) in [7, 11) is 4.11. The Labute approximate surface area is 116 Å². The lowest BCUT2D eigenvalue weighted by Gasteiger charge is -2.18. The highest BCUT2D eigenvalue weighted by atomic mass is 16.4. The van der Waals surface area contributed by atoms with E-state index in [9.17, 15) is 9.90 Å². The Hall–Kier alpha value is -1.29. The maximum absolute atomic E-state index is 11.3. The molecule has 0 saturated heterocycles. The second-order valence-electron chi connectivity index (χ2n) is 5.28. The first-order valence-electron chi connectivity index (χ1n) is 7.08. The molecule has 108 valence electrons. The fraction of sp³-hybridized carbons (Fsp3) is 0.667. The minimum absolute atomic E-state index is 0.334. The van der Waals surface area contributed by atoms with E-state index in [1.54, 1.807) is 6.07 Å². The zero-order valence-electron chi connectivity index (χ0n) is 12.5. The summed E-state index contributed by atoms with van der Waals surface area (Å²) in [5.41, 5.74) is 1.47. The molecule has 19 heavy (non-hydrogen) atoms. The normalized spacial score (nSPS) is 11.5. The quantitative estimate of drug-likeness (QED) is 0.786. The minimum atomic E-state index is -0.812. The predicted molar refractivity (Wildman–Crippen MR) is 77.9 cm³/mol. The van der Waals surface area contributed by atoms with Crippen molar-refractivity contribution in [3.8, 4) is 0 Å². The van der Waals surface area contributed by atoms with Crippen LogP contribution in [-0.2, 0) is 6.54 Å². The van der Waals surface area contributed by atoms with Gasteiger partial charge in [0, 0.05) is 18.4 Å². The lowest BCUT2D eigenvalue weighted by atomic mass is 9.96. The van der Waals surface area contributed by atoms with Gasteiger partial charge in [-0.2, -0.15) is 0 Å². The van der Waals surface area contributed by atoms with Crippen molar-refractivity contribution < 1.29 is 9.90 Å². The number of carboxylic acid groups (broad SMARTS) is 1. The molecule has 1 rings (SSSR count). The molecule has 1 N–H and O–H groups in total. The number of aromatic carboxylic acids is 1. The van der Waals surface area contributed by atoms with Crippen molar-refractivity contribution in [2.24, 2.45) is 0 Å². The molecule has 0 unspecified atom stereocenters. The highest BCUT2D eigenvalue weighted by Gasteiger charge is 2.20. The second-order valence-corrected chi connectivity index (χ2v) is 5.28. The van der Waals surface area contributed by atoms with Crippen molar-refractivity contribution in [1.29, 1.82) is 0 Å². The maximum Gasteiger partial charge on any atom is 0.337 e. The molecule has 1 aromatic heterocycles. The van der Waals surface area contributed by atoms with Crippen LogP contribution in [0.4, 0.5) is 0 Å². The van der Waals surface area contributed by atoms with Crippen molar-refractivity contribution in [3.05, 3.63) is 23.5 Å². The summed E-state index contributed by atoms with van der Waals surface area (Å²) in [5, 5.41) is 9.31. The first-order chi connectivity index (χ1) is 9.01. The molecule has 1 heterocycles. The summed E-state index contributed by atoms with van der Waals surface area (Å²) < 4.78 is 2.13. The van der Waals surface area contributed by atoms with E-state index in [2.05, 4.69) is 37.4 Å². The van der Waals surface area contributed by atoms with E-state index in [1.165, 1.54) is 0 Å². The molecule has 0 bridgehead atoms. The number of aryl methyl sites for hydroxylation is 1. The number of hydrogen-bond donors (Lipinski definition) is 1. The largest absolute Gasteiger partial charge is 0.478 e. The third-order valence-electron chi connectivity index (χ3n) is 3.61. The third-order valence-corrected chi connectivity index (χ3v) is 3.61. The zero-order chi connectivity index (χ0) is 14.4. The van der Waals surface area contributed by atoms with Crippen LogP contribution < -0.4 is 0 Å². The van der Waals surface area contributed by atoms with E-state index in [-0.39, 0.29) is 0 Å². The van der Waals surface area contributed by atoms with Crippen molar-refractivity contribution in [2.75, 3.05) is 20.6 Å². The van der Waals surface area contributed by atoms with Gasteiger partial charge in [-0.3, -0.25) is 0 Å². The van der Waals surface area contributed by atoms with E-state index >= 15 is 0 Å². The summed E-state index contributed by atoms with van der Waals surface area (Å²) in [5.74, 6) is -0.478. The van der Waals surface area contributed by atoms with Gasteiger partial charge < -0.3 is 14.6 Å². The van der Waals surface area contributed by atoms with Crippen LogP contribution in [0.25, 0.3) is 0 Å². The molecule has 1 aromatic rings. The highest BCUT2D eigenvalue weighted by Crippen LogP contribution is 2.27. The van der Waals surface area contributed by atoms with Crippen molar-refractivity contribution in [3.63, 3.8) is 0 Å². The fourth-order valence-corrected chi connectivity index (χ4v) is 2.55.